The number of carbonyl (C=O) groups excluding carboxylic acids is 1. The van der Waals surface area contributed by atoms with Gasteiger partial charge < -0.3 is 10.3 Å². The third kappa shape index (κ3) is 4.85. The summed E-state index contributed by atoms with van der Waals surface area (Å²) in [6.45, 7) is 3.35. The number of H-pyrrole nitrogens is 1. The van der Waals surface area contributed by atoms with E-state index in [1.165, 1.54) is 12.1 Å². The second kappa shape index (κ2) is 8.10. The summed E-state index contributed by atoms with van der Waals surface area (Å²) in [6.07, 6.45) is 0. The molecule has 0 fully saturated rings. The molecule has 1 heterocycles. The second-order valence-electron chi connectivity index (χ2n) is 6.43. The molecule has 2 aromatic carbocycles. The maximum absolute atomic E-state index is 12.8. The smallest absolute Gasteiger partial charge is 0.262 e. The number of aryl methyl sites for hydroxylation is 2. The van der Waals surface area contributed by atoms with Gasteiger partial charge in [0, 0.05) is 22.1 Å². The monoisotopic (exact) mass is 431 g/mol. The summed E-state index contributed by atoms with van der Waals surface area (Å²) >= 11 is 5.82. The molecule has 7 nitrogen and oxygen atoms in total. The number of benzene rings is 2. The Hall–Kier alpha value is -3.10. The van der Waals surface area contributed by atoms with Gasteiger partial charge in [0.2, 0.25) is 0 Å². The fraction of sp³-hybridized carbons (Fsp3) is 0.100. The number of hydrogen-bond acceptors (Lipinski definition) is 4. The van der Waals surface area contributed by atoms with Crippen molar-refractivity contribution in [3.63, 3.8) is 0 Å². The normalized spacial score (nSPS) is 11.1. The molecule has 0 spiro atoms. The molecular weight excluding hydrogens is 414 g/mol. The molecule has 29 heavy (non-hydrogen) atoms. The topological polar surface area (TPSA) is 108 Å². The van der Waals surface area contributed by atoms with Gasteiger partial charge >= 0.3 is 0 Å². The quantitative estimate of drug-likeness (QED) is 0.572. The van der Waals surface area contributed by atoms with E-state index < -0.39 is 21.5 Å². The molecule has 0 radical (unpaired) electrons. The molecule has 0 saturated carbocycles. The van der Waals surface area contributed by atoms with Crippen LogP contribution >= 0.6 is 11.6 Å². The number of halogens is 1. The summed E-state index contributed by atoms with van der Waals surface area (Å²) in [4.78, 5) is 26.9. The van der Waals surface area contributed by atoms with E-state index in [9.17, 15) is 18.0 Å². The number of rotatable bonds is 5. The Morgan fingerprint density at radius 1 is 0.966 bits per heavy atom. The third-order valence-corrected chi connectivity index (χ3v) is 5.91. The lowest BCUT2D eigenvalue weighted by atomic mass is 10.2. The van der Waals surface area contributed by atoms with Gasteiger partial charge in [-0.1, -0.05) is 17.7 Å². The zero-order valence-corrected chi connectivity index (χ0v) is 17.2. The van der Waals surface area contributed by atoms with E-state index in [-0.39, 0.29) is 16.1 Å². The number of pyridine rings is 1. The maximum atomic E-state index is 12.8. The van der Waals surface area contributed by atoms with E-state index in [0.717, 1.165) is 0 Å². The number of anilines is 2. The van der Waals surface area contributed by atoms with Crippen LogP contribution in [0.2, 0.25) is 5.02 Å². The molecule has 3 N–H and O–H groups in total. The van der Waals surface area contributed by atoms with Gasteiger partial charge in [-0.2, -0.15) is 0 Å². The highest BCUT2D eigenvalue weighted by atomic mass is 35.5. The summed E-state index contributed by atoms with van der Waals surface area (Å²) in [6, 6.07) is 13.7. The first kappa shape index (κ1) is 20.6. The standard InChI is InChI=1S/C20H18ClN3O4S/c1-12-3-7-16(23-20(26)17-10-4-13(2)22-19(17)25)11-18(12)29(27,28)24-15-8-5-14(21)6-9-15/h3-11,24H,1-2H3,(H,22,25)(H,23,26). The van der Waals surface area contributed by atoms with Crippen molar-refractivity contribution in [1.29, 1.82) is 0 Å². The van der Waals surface area contributed by atoms with Crippen molar-refractivity contribution in [2.75, 3.05) is 10.0 Å². The summed E-state index contributed by atoms with van der Waals surface area (Å²) < 4.78 is 28.1. The third-order valence-electron chi connectivity index (χ3n) is 4.13. The van der Waals surface area contributed by atoms with Crippen LogP contribution in [0.5, 0.6) is 0 Å². The lowest BCUT2D eigenvalue weighted by molar-refractivity contribution is 0.102. The largest absolute Gasteiger partial charge is 0.326 e. The van der Waals surface area contributed by atoms with Crippen molar-refractivity contribution in [1.82, 2.24) is 4.98 Å². The van der Waals surface area contributed by atoms with Crippen molar-refractivity contribution in [2.24, 2.45) is 0 Å². The Morgan fingerprint density at radius 2 is 1.62 bits per heavy atom. The Kier molecular flexibility index (Phi) is 5.76. The van der Waals surface area contributed by atoms with Gasteiger partial charge in [0.05, 0.1) is 4.90 Å². The lowest BCUT2D eigenvalue weighted by Gasteiger charge is -2.13. The average molecular weight is 432 g/mol. The summed E-state index contributed by atoms with van der Waals surface area (Å²) in [5.74, 6) is -0.635. The zero-order valence-electron chi connectivity index (χ0n) is 15.6. The van der Waals surface area contributed by atoms with Crippen molar-refractivity contribution in [3.8, 4) is 0 Å². The lowest BCUT2D eigenvalue weighted by Crippen LogP contribution is -2.23. The van der Waals surface area contributed by atoms with Crippen LogP contribution in [0.15, 0.2) is 64.3 Å². The molecule has 1 amide bonds. The number of sulfonamides is 1. The summed E-state index contributed by atoms with van der Waals surface area (Å²) in [5, 5.41) is 3.05. The Bertz CT molecular complexity index is 1240. The van der Waals surface area contributed by atoms with E-state index in [1.54, 1.807) is 56.3 Å². The van der Waals surface area contributed by atoms with Crippen LogP contribution in [0.1, 0.15) is 21.6 Å². The van der Waals surface area contributed by atoms with Crippen LogP contribution in [-0.2, 0) is 10.0 Å². The molecular formula is C20H18ClN3O4S. The van der Waals surface area contributed by atoms with Gasteiger partial charge in [-0.25, -0.2) is 8.42 Å². The van der Waals surface area contributed by atoms with Gasteiger partial charge in [-0.3, -0.25) is 14.3 Å². The first-order valence-corrected chi connectivity index (χ1v) is 10.4. The van der Waals surface area contributed by atoms with Crippen LogP contribution < -0.4 is 15.6 Å². The maximum Gasteiger partial charge on any atom is 0.262 e. The minimum Gasteiger partial charge on any atom is -0.326 e. The molecule has 0 atom stereocenters. The molecule has 0 bridgehead atoms. The highest BCUT2D eigenvalue weighted by Gasteiger charge is 2.19. The molecule has 0 aliphatic carbocycles. The van der Waals surface area contributed by atoms with Gasteiger partial charge in [0.1, 0.15) is 5.56 Å². The number of carbonyl (C=O) groups is 1. The fourth-order valence-electron chi connectivity index (χ4n) is 2.64. The van der Waals surface area contributed by atoms with E-state index in [1.807, 2.05) is 0 Å². The number of hydrogen-bond donors (Lipinski definition) is 3. The molecule has 0 aliphatic heterocycles. The average Bonchev–Trinajstić information content (AvgIpc) is 2.64. The fourth-order valence-corrected chi connectivity index (χ4v) is 4.10. The highest BCUT2D eigenvalue weighted by molar-refractivity contribution is 7.92. The number of aromatic nitrogens is 1. The molecule has 9 heteroatoms. The Balaban J connectivity index is 1.88. The molecule has 150 valence electrons. The summed E-state index contributed by atoms with van der Waals surface area (Å²) in [7, 11) is -3.91. The summed E-state index contributed by atoms with van der Waals surface area (Å²) in [5.41, 5.74) is 1.14. The SMILES string of the molecule is Cc1ccc(C(=O)Nc2ccc(C)c(S(=O)(=O)Nc3ccc(Cl)cc3)c2)c(=O)[nH]1. The minimum atomic E-state index is -3.91. The molecule has 3 aromatic rings. The second-order valence-corrected chi connectivity index (χ2v) is 8.52. The van der Waals surface area contributed by atoms with Crippen molar-refractivity contribution in [3.05, 3.63) is 86.8 Å². The van der Waals surface area contributed by atoms with Gasteiger partial charge in [0.25, 0.3) is 21.5 Å². The van der Waals surface area contributed by atoms with Gasteiger partial charge in [-0.05, 0) is 67.9 Å². The number of amides is 1. The molecule has 0 saturated heterocycles. The minimum absolute atomic E-state index is 0.00284. The van der Waals surface area contributed by atoms with E-state index in [2.05, 4.69) is 15.0 Å². The first-order chi connectivity index (χ1) is 13.7. The van der Waals surface area contributed by atoms with E-state index in [4.69, 9.17) is 11.6 Å². The zero-order chi connectivity index (χ0) is 21.2. The predicted molar refractivity (Wildman–Crippen MR) is 113 cm³/mol. The predicted octanol–water partition coefficient (Wildman–Crippen LogP) is 3.70. The van der Waals surface area contributed by atoms with Crippen molar-refractivity contribution < 1.29 is 13.2 Å². The van der Waals surface area contributed by atoms with Gasteiger partial charge in [0.15, 0.2) is 0 Å². The first-order valence-electron chi connectivity index (χ1n) is 8.56. The molecule has 0 unspecified atom stereocenters. The number of aromatic amines is 1. The molecule has 3 rings (SSSR count). The van der Waals surface area contributed by atoms with Crippen LogP contribution in [0.25, 0.3) is 0 Å². The van der Waals surface area contributed by atoms with Crippen LogP contribution in [0, 0.1) is 13.8 Å². The van der Waals surface area contributed by atoms with E-state index in [0.29, 0.717) is 22.0 Å². The van der Waals surface area contributed by atoms with Crippen molar-refractivity contribution in [2.45, 2.75) is 18.7 Å². The molecule has 0 aliphatic rings. The molecule has 1 aromatic heterocycles. The number of nitrogens with one attached hydrogen (secondary N) is 3. The van der Waals surface area contributed by atoms with Crippen LogP contribution in [-0.4, -0.2) is 19.3 Å². The highest BCUT2D eigenvalue weighted by Crippen LogP contribution is 2.24. The van der Waals surface area contributed by atoms with Crippen molar-refractivity contribution >= 4 is 38.9 Å². The van der Waals surface area contributed by atoms with Crippen LogP contribution in [0.4, 0.5) is 11.4 Å². The Morgan fingerprint density at radius 3 is 2.28 bits per heavy atom. The van der Waals surface area contributed by atoms with E-state index >= 15 is 0 Å². The van der Waals surface area contributed by atoms with Crippen LogP contribution in [0.3, 0.4) is 0 Å². The Labute approximate surface area is 172 Å². The van der Waals surface area contributed by atoms with Gasteiger partial charge in [-0.15, -0.1) is 0 Å².